The second kappa shape index (κ2) is 9.33. The van der Waals surface area contributed by atoms with Gasteiger partial charge in [-0.1, -0.05) is 20.8 Å². The fourth-order valence-electron chi connectivity index (χ4n) is 1.06. The average Bonchev–Trinajstić information content (AvgIpc) is 2.42. The van der Waals surface area contributed by atoms with Gasteiger partial charge in [-0.15, -0.1) is 0 Å². The molecule has 1 N–H and O–H groups in total. The minimum absolute atomic E-state index is 0.256. The highest BCUT2D eigenvalue weighted by Crippen LogP contribution is 2.08. The third-order valence-electron chi connectivity index (χ3n) is 2.12. The summed E-state index contributed by atoms with van der Waals surface area (Å²) in [5, 5.41) is 3.02. The zero-order valence-electron chi connectivity index (χ0n) is 11.8. The van der Waals surface area contributed by atoms with Crippen LogP contribution in [0.15, 0.2) is 34.3 Å². The van der Waals surface area contributed by atoms with Crippen molar-refractivity contribution in [1.82, 2.24) is 0 Å². The summed E-state index contributed by atoms with van der Waals surface area (Å²) in [4.78, 5) is 8.31. The van der Waals surface area contributed by atoms with Gasteiger partial charge in [0.2, 0.25) is 5.96 Å². The van der Waals surface area contributed by atoms with Gasteiger partial charge in [-0.05, 0) is 37.6 Å². The lowest BCUT2D eigenvalue weighted by molar-refractivity contribution is 0.628. The van der Waals surface area contributed by atoms with Crippen LogP contribution in [-0.4, -0.2) is 18.7 Å². The number of benzene rings is 1. The van der Waals surface area contributed by atoms with Crippen molar-refractivity contribution >= 4 is 17.4 Å². The minimum atomic E-state index is -0.256. The molecule has 3 nitrogen and oxygen atoms in total. The molecule has 100 valence electrons. The molecule has 1 aromatic carbocycles. The minimum Gasteiger partial charge on any atom is -0.324 e. The number of aliphatic imine (C=N–C) groups is 2. The van der Waals surface area contributed by atoms with E-state index in [9.17, 15) is 4.39 Å². The van der Waals surface area contributed by atoms with Crippen molar-refractivity contribution in [2.24, 2.45) is 9.98 Å². The van der Waals surface area contributed by atoms with Crippen LogP contribution in [0.3, 0.4) is 0 Å². The van der Waals surface area contributed by atoms with Gasteiger partial charge in [-0.25, -0.2) is 9.38 Å². The van der Waals surface area contributed by atoms with Crippen LogP contribution in [0.25, 0.3) is 0 Å². The van der Waals surface area contributed by atoms with Crippen LogP contribution in [0.5, 0.6) is 0 Å². The largest absolute Gasteiger partial charge is 0.324 e. The van der Waals surface area contributed by atoms with E-state index in [1.165, 1.54) is 12.1 Å². The monoisotopic (exact) mass is 251 g/mol. The molecule has 18 heavy (non-hydrogen) atoms. The Morgan fingerprint density at radius 1 is 1.22 bits per heavy atom. The summed E-state index contributed by atoms with van der Waals surface area (Å²) in [6.07, 6.45) is 0.879. The van der Waals surface area contributed by atoms with Crippen molar-refractivity contribution < 1.29 is 4.39 Å². The van der Waals surface area contributed by atoms with E-state index in [2.05, 4.69) is 15.3 Å². The van der Waals surface area contributed by atoms with E-state index in [4.69, 9.17) is 0 Å². The van der Waals surface area contributed by atoms with Gasteiger partial charge in [-0.2, -0.15) is 0 Å². The first-order chi connectivity index (χ1) is 8.65. The van der Waals surface area contributed by atoms with Crippen molar-refractivity contribution in [3.8, 4) is 0 Å². The third kappa shape index (κ3) is 6.13. The summed E-state index contributed by atoms with van der Waals surface area (Å²) in [5.74, 6) is 0.278. The Hall–Kier alpha value is -1.71. The van der Waals surface area contributed by atoms with Gasteiger partial charge in [0.15, 0.2) is 0 Å². The van der Waals surface area contributed by atoms with Crippen molar-refractivity contribution in [2.45, 2.75) is 34.1 Å². The highest BCUT2D eigenvalue weighted by Gasteiger charge is 1.98. The number of halogens is 1. The van der Waals surface area contributed by atoms with Crippen LogP contribution < -0.4 is 5.32 Å². The number of hydrogen-bond acceptors (Lipinski definition) is 1. The number of anilines is 1. The summed E-state index contributed by atoms with van der Waals surface area (Å²) in [7, 11) is 1.66. The maximum Gasteiger partial charge on any atom is 0.222 e. The Morgan fingerprint density at radius 2 is 1.78 bits per heavy atom. The van der Waals surface area contributed by atoms with Crippen molar-refractivity contribution in [3.05, 3.63) is 30.1 Å². The highest BCUT2D eigenvalue weighted by molar-refractivity contribution is 6.02. The fourth-order valence-corrected chi connectivity index (χ4v) is 1.06. The molecule has 4 heteroatoms. The molecule has 0 aliphatic rings. The topological polar surface area (TPSA) is 36.8 Å². The Balaban J connectivity index is 0.00000137. The SMILES string of the molecule is CC.CC/C(C)=N\C(=NC)Nc1ccc(F)cc1. The molecule has 0 amide bonds. The Bertz CT molecular complexity index is 394. The molecule has 0 aliphatic heterocycles. The predicted molar refractivity (Wildman–Crippen MR) is 78.1 cm³/mol. The second-order valence-electron chi connectivity index (χ2n) is 3.38. The smallest absolute Gasteiger partial charge is 0.222 e. The molecular formula is C14H22FN3. The molecule has 1 rings (SSSR count). The molecule has 0 bridgehead atoms. The van der Waals surface area contributed by atoms with Crippen LogP contribution in [0.1, 0.15) is 34.1 Å². The van der Waals surface area contributed by atoms with E-state index in [1.807, 2.05) is 27.7 Å². The van der Waals surface area contributed by atoms with Crippen LogP contribution in [0, 0.1) is 5.82 Å². The lowest BCUT2D eigenvalue weighted by Crippen LogP contribution is -2.11. The van der Waals surface area contributed by atoms with Gasteiger partial charge < -0.3 is 5.32 Å². The zero-order chi connectivity index (χ0) is 14.0. The summed E-state index contributed by atoms with van der Waals surface area (Å²) < 4.78 is 12.7. The number of guanidine groups is 1. The Kier molecular flexibility index (Phi) is 8.45. The van der Waals surface area contributed by atoms with E-state index < -0.39 is 0 Å². The Labute approximate surface area is 109 Å². The summed E-state index contributed by atoms with van der Waals surface area (Å²) in [5.41, 5.74) is 1.77. The molecule has 0 spiro atoms. The van der Waals surface area contributed by atoms with Gasteiger partial charge in [0.05, 0.1) is 0 Å². The first-order valence-corrected chi connectivity index (χ1v) is 6.19. The molecular weight excluding hydrogens is 229 g/mol. The van der Waals surface area contributed by atoms with Crippen molar-refractivity contribution in [1.29, 1.82) is 0 Å². The molecule has 0 saturated heterocycles. The lowest BCUT2D eigenvalue weighted by Gasteiger charge is -2.05. The molecule has 0 radical (unpaired) electrons. The van der Waals surface area contributed by atoms with Gasteiger partial charge in [0.25, 0.3) is 0 Å². The van der Waals surface area contributed by atoms with Gasteiger partial charge in [0, 0.05) is 18.4 Å². The van der Waals surface area contributed by atoms with Crippen molar-refractivity contribution in [2.75, 3.05) is 12.4 Å². The van der Waals surface area contributed by atoms with Crippen LogP contribution in [0.4, 0.5) is 10.1 Å². The summed E-state index contributed by atoms with van der Waals surface area (Å²) in [6, 6.07) is 6.09. The van der Waals surface area contributed by atoms with Crippen LogP contribution in [0.2, 0.25) is 0 Å². The quantitative estimate of drug-likeness (QED) is 0.623. The summed E-state index contributed by atoms with van der Waals surface area (Å²) in [6.45, 7) is 7.97. The molecule has 0 aliphatic carbocycles. The van der Waals surface area contributed by atoms with E-state index in [0.717, 1.165) is 17.8 Å². The predicted octanol–water partition coefficient (Wildman–Crippen LogP) is 4.12. The first-order valence-electron chi connectivity index (χ1n) is 6.19. The zero-order valence-corrected chi connectivity index (χ0v) is 11.8. The molecule has 0 heterocycles. The maximum atomic E-state index is 12.7. The second-order valence-corrected chi connectivity index (χ2v) is 3.38. The molecule has 0 saturated carbocycles. The lowest BCUT2D eigenvalue weighted by atomic mass is 10.3. The summed E-state index contributed by atoms with van der Waals surface area (Å²) >= 11 is 0. The number of hydrogen-bond donors (Lipinski definition) is 1. The molecule has 0 aromatic heterocycles. The van der Waals surface area contributed by atoms with Gasteiger partial charge in [-0.3, -0.25) is 4.99 Å². The van der Waals surface area contributed by atoms with Crippen LogP contribution in [-0.2, 0) is 0 Å². The van der Waals surface area contributed by atoms with E-state index in [0.29, 0.717) is 5.96 Å². The number of nitrogens with zero attached hydrogens (tertiary/aromatic N) is 2. The first kappa shape index (κ1) is 16.3. The average molecular weight is 251 g/mol. The van der Waals surface area contributed by atoms with E-state index in [-0.39, 0.29) is 5.82 Å². The maximum absolute atomic E-state index is 12.7. The Morgan fingerprint density at radius 3 is 2.22 bits per heavy atom. The van der Waals surface area contributed by atoms with Crippen molar-refractivity contribution in [3.63, 3.8) is 0 Å². The molecule has 0 unspecified atom stereocenters. The fraction of sp³-hybridized carbons (Fsp3) is 0.429. The number of rotatable bonds is 2. The molecule has 1 aromatic rings. The van der Waals surface area contributed by atoms with E-state index >= 15 is 0 Å². The third-order valence-corrected chi connectivity index (χ3v) is 2.12. The van der Waals surface area contributed by atoms with Gasteiger partial charge >= 0.3 is 0 Å². The van der Waals surface area contributed by atoms with Crippen LogP contribution >= 0.6 is 0 Å². The standard InChI is InChI=1S/C12H16FN3.C2H6/c1-4-9(2)15-12(14-3)16-11-7-5-10(13)6-8-11;1-2/h5-8H,4H2,1-3H3,(H,14,16);1-2H3/b15-9-;. The normalized spacial score (nSPS) is 11.7. The highest BCUT2D eigenvalue weighted by atomic mass is 19.1. The number of nitrogens with one attached hydrogen (secondary N) is 1. The van der Waals surface area contributed by atoms with Gasteiger partial charge in [0.1, 0.15) is 5.82 Å². The molecule has 0 atom stereocenters. The molecule has 0 fully saturated rings. The van der Waals surface area contributed by atoms with E-state index in [1.54, 1.807) is 19.2 Å².